The van der Waals surface area contributed by atoms with Crippen molar-refractivity contribution in [3.63, 3.8) is 0 Å². The number of benzene rings is 3. The molecule has 0 N–H and O–H groups in total. The Morgan fingerprint density at radius 3 is 2.00 bits per heavy atom. The molecule has 4 rings (SSSR count). The molecule has 0 aliphatic carbocycles. The van der Waals surface area contributed by atoms with Gasteiger partial charge in [0.2, 0.25) is 21.0 Å². The quantitative estimate of drug-likeness (QED) is 0.490. The molecule has 0 radical (unpaired) electrons. The highest BCUT2D eigenvalue weighted by Crippen LogP contribution is 2.45. The van der Waals surface area contributed by atoms with Gasteiger partial charge in [-0.2, -0.15) is 4.18 Å². The first-order valence-electron chi connectivity index (χ1n) is 8.61. The minimum absolute atomic E-state index is 0.288. The van der Waals surface area contributed by atoms with Crippen molar-refractivity contribution in [3.05, 3.63) is 84.4 Å². The lowest BCUT2D eigenvalue weighted by molar-refractivity contribution is 0.337. The normalized spacial score (nSPS) is 14.6. The highest BCUT2D eigenvalue weighted by molar-refractivity contribution is 8.02. The van der Waals surface area contributed by atoms with Crippen molar-refractivity contribution in [2.45, 2.75) is 38.8 Å². The number of rotatable bonds is 5. The van der Waals surface area contributed by atoms with Crippen LogP contribution in [0.25, 0.3) is 0 Å². The van der Waals surface area contributed by atoms with E-state index in [4.69, 9.17) is 4.18 Å². The molecule has 126 valence electrons. The van der Waals surface area contributed by atoms with Crippen LogP contribution in [-0.4, -0.2) is 6.61 Å². The van der Waals surface area contributed by atoms with Crippen molar-refractivity contribution in [2.24, 2.45) is 0 Å². The molecule has 0 saturated heterocycles. The summed E-state index contributed by atoms with van der Waals surface area (Å²) in [6.07, 6.45) is 1.03. The van der Waals surface area contributed by atoms with E-state index in [2.05, 4.69) is 85.8 Å². The molecule has 3 heteroatoms. The monoisotopic (exact) mass is 365 g/mol. The second kappa shape index (κ2) is 7.69. The van der Waals surface area contributed by atoms with Gasteiger partial charge in [0.1, 0.15) is 6.61 Å². The standard InChI is InChI=1S/C22H21OS2/c1-17(18-9-3-2-4-10-18)15-16-23-25-21-13-7-5-11-19(21)24-20-12-6-8-14-22(20)25/h2-14,17H,15-16H2,1H3/q+1. The fraction of sp³-hybridized carbons (Fsp3) is 0.182. The van der Waals surface area contributed by atoms with Crippen LogP contribution in [0.2, 0.25) is 0 Å². The van der Waals surface area contributed by atoms with Gasteiger partial charge in [0, 0.05) is 0 Å². The van der Waals surface area contributed by atoms with E-state index in [0.29, 0.717) is 5.92 Å². The van der Waals surface area contributed by atoms with E-state index in [1.807, 2.05) is 11.8 Å². The molecule has 1 atom stereocenters. The number of fused-ring (bicyclic) bond motifs is 2. The van der Waals surface area contributed by atoms with Gasteiger partial charge < -0.3 is 0 Å². The first kappa shape index (κ1) is 16.8. The Labute approximate surface area is 157 Å². The molecule has 25 heavy (non-hydrogen) atoms. The van der Waals surface area contributed by atoms with Gasteiger partial charge in [0.15, 0.2) is 0 Å². The molecule has 1 nitrogen and oxygen atoms in total. The van der Waals surface area contributed by atoms with E-state index in [9.17, 15) is 0 Å². The van der Waals surface area contributed by atoms with Gasteiger partial charge in [0.05, 0.1) is 9.79 Å². The Morgan fingerprint density at radius 2 is 1.36 bits per heavy atom. The molecule has 1 heterocycles. The average molecular weight is 366 g/mol. The van der Waals surface area contributed by atoms with Crippen LogP contribution in [0.15, 0.2) is 98.4 Å². The number of hydrogen-bond donors (Lipinski definition) is 0. The van der Waals surface area contributed by atoms with Crippen molar-refractivity contribution in [2.75, 3.05) is 6.61 Å². The molecule has 0 bridgehead atoms. The van der Waals surface area contributed by atoms with Crippen molar-refractivity contribution in [1.82, 2.24) is 0 Å². The SMILES string of the molecule is CC(CCO[S+]1c2ccccc2Sc2ccccc21)c1ccccc1. The Balaban J connectivity index is 1.51. The van der Waals surface area contributed by atoms with Crippen LogP contribution in [0.5, 0.6) is 0 Å². The topological polar surface area (TPSA) is 9.23 Å². The predicted molar refractivity (Wildman–Crippen MR) is 106 cm³/mol. The molecule has 0 saturated carbocycles. The summed E-state index contributed by atoms with van der Waals surface area (Å²) in [6, 6.07) is 28.0. The summed E-state index contributed by atoms with van der Waals surface area (Å²) in [5.74, 6) is 0.509. The Hall–Kier alpha value is -1.68. The lowest BCUT2D eigenvalue weighted by atomic mass is 9.99. The first-order chi connectivity index (χ1) is 12.3. The van der Waals surface area contributed by atoms with Crippen molar-refractivity contribution in [1.29, 1.82) is 0 Å². The third kappa shape index (κ3) is 3.64. The predicted octanol–water partition coefficient (Wildman–Crippen LogP) is 6.31. The largest absolute Gasteiger partial charge is 0.225 e. The average Bonchev–Trinajstić information content (AvgIpc) is 2.68. The van der Waals surface area contributed by atoms with Crippen LogP contribution in [-0.2, 0) is 15.4 Å². The third-order valence-electron chi connectivity index (χ3n) is 4.44. The molecule has 0 amide bonds. The molecule has 1 aliphatic heterocycles. The van der Waals surface area contributed by atoms with E-state index in [1.165, 1.54) is 25.1 Å². The zero-order valence-corrected chi connectivity index (χ0v) is 15.9. The van der Waals surface area contributed by atoms with Crippen molar-refractivity contribution < 1.29 is 4.18 Å². The van der Waals surface area contributed by atoms with Gasteiger partial charge in [-0.1, -0.05) is 73.3 Å². The van der Waals surface area contributed by atoms with E-state index in [1.54, 1.807) is 0 Å². The molecule has 1 unspecified atom stereocenters. The summed E-state index contributed by atoms with van der Waals surface area (Å²) >= 11 is 1.56. The summed E-state index contributed by atoms with van der Waals surface area (Å²) < 4.78 is 6.44. The van der Waals surface area contributed by atoms with Gasteiger partial charge >= 0.3 is 0 Å². The van der Waals surface area contributed by atoms with Crippen LogP contribution in [0.4, 0.5) is 0 Å². The fourth-order valence-electron chi connectivity index (χ4n) is 3.00. The van der Waals surface area contributed by atoms with Gasteiger partial charge in [-0.15, -0.1) is 0 Å². The maximum absolute atomic E-state index is 6.44. The van der Waals surface area contributed by atoms with Crippen LogP contribution in [0.3, 0.4) is 0 Å². The second-order valence-electron chi connectivity index (χ2n) is 6.19. The van der Waals surface area contributed by atoms with Crippen LogP contribution < -0.4 is 0 Å². The first-order valence-corrected chi connectivity index (χ1v) is 10.6. The van der Waals surface area contributed by atoms with E-state index < -0.39 is 0 Å². The van der Waals surface area contributed by atoms with Gasteiger partial charge in [-0.3, -0.25) is 0 Å². The zero-order valence-electron chi connectivity index (χ0n) is 14.2. The molecule has 0 spiro atoms. The van der Waals surface area contributed by atoms with E-state index in [-0.39, 0.29) is 11.2 Å². The number of hydrogen-bond acceptors (Lipinski definition) is 2. The molecular formula is C22H21OS2+. The Kier molecular flexibility index (Phi) is 5.16. The van der Waals surface area contributed by atoms with Gasteiger partial charge in [-0.25, -0.2) is 0 Å². The summed E-state index contributed by atoms with van der Waals surface area (Å²) in [6.45, 7) is 3.05. The smallest absolute Gasteiger partial charge is 0.162 e. The second-order valence-corrected chi connectivity index (χ2v) is 8.92. The fourth-order valence-corrected chi connectivity index (χ4v) is 6.23. The van der Waals surface area contributed by atoms with Gasteiger partial charge in [0.25, 0.3) is 0 Å². The molecule has 0 aromatic heterocycles. The maximum atomic E-state index is 6.44. The highest BCUT2D eigenvalue weighted by atomic mass is 32.2. The zero-order chi connectivity index (χ0) is 17.1. The lowest BCUT2D eigenvalue weighted by Crippen LogP contribution is -2.15. The van der Waals surface area contributed by atoms with Crippen LogP contribution in [0, 0.1) is 0 Å². The summed E-state index contributed by atoms with van der Waals surface area (Å²) in [7, 11) is 0. The Bertz CT molecular complexity index is 802. The summed E-state index contributed by atoms with van der Waals surface area (Å²) in [5.41, 5.74) is 1.38. The molecule has 1 aliphatic rings. The van der Waals surface area contributed by atoms with Crippen molar-refractivity contribution in [3.8, 4) is 0 Å². The molecule has 3 aromatic carbocycles. The van der Waals surface area contributed by atoms with E-state index in [0.717, 1.165) is 13.0 Å². The third-order valence-corrected chi connectivity index (χ3v) is 7.76. The lowest BCUT2D eigenvalue weighted by Gasteiger charge is -2.18. The van der Waals surface area contributed by atoms with Gasteiger partial charge in [-0.05, 0) is 42.2 Å². The van der Waals surface area contributed by atoms with Crippen LogP contribution >= 0.6 is 11.8 Å². The molecule has 0 fully saturated rings. The van der Waals surface area contributed by atoms with Crippen LogP contribution in [0.1, 0.15) is 24.8 Å². The molecular weight excluding hydrogens is 344 g/mol. The molecule has 3 aromatic rings. The minimum Gasteiger partial charge on any atom is -0.162 e. The summed E-state index contributed by atoms with van der Waals surface area (Å²) in [5, 5.41) is 0. The van der Waals surface area contributed by atoms with E-state index >= 15 is 0 Å². The Morgan fingerprint density at radius 1 is 0.800 bits per heavy atom. The maximum Gasteiger partial charge on any atom is 0.225 e. The van der Waals surface area contributed by atoms with Crippen molar-refractivity contribution >= 4 is 22.9 Å². The highest BCUT2D eigenvalue weighted by Gasteiger charge is 2.38. The summed E-state index contributed by atoms with van der Waals surface area (Å²) in [4.78, 5) is 5.28. The minimum atomic E-state index is -0.288.